The van der Waals surface area contributed by atoms with Gasteiger partial charge in [0.05, 0.1) is 31.2 Å². The quantitative estimate of drug-likeness (QED) is 0.442. The molecule has 0 fully saturated rings. The Morgan fingerprint density at radius 3 is 2.18 bits per heavy atom. The second-order valence-corrected chi connectivity index (χ2v) is 9.05. The highest BCUT2D eigenvalue weighted by molar-refractivity contribution is 7.92. The molecule has 0 aromatic heterocycles. The van der Waals surface area contributed by atoms with Crippen LogP contribution in [0.25, 0.3) is 0 Å². The summed E-state index contributed by atoms with van der Waals surface area (Å²) in [6, 6.07) is 21.7. The van der Waals surface area contributed by atoms with E-state index < -0.39 is 16.0 Å². The van der Waals surface area contributed by atoms with Crippen molar-refractivity contribution in [2.45, 2.75) is 17.9 Å². The van der Waals surface area contributed by atoms with Gasteiger partial charge < -0.3 is 14.4 Å². The molecule has 0 saturated carbocycles. The van der Waals surface area contributed by atoms with Crippen molar-refractivity contribution in [2.24, 2.45) is 0 Å². The number of nitrogens with zero attached hydrogens (tertiary/aromatic N) is 1. The third-order valence-corrected chi connectivity index (χ3v) is 6.46. The number of rotatable bonds is 10. The SMILES string of the molecule is COC(=O)CCN(Cc1ccccc1)C(=O)c1ccc(S(=O)(=O)Nc2ccccc2OC)cc1. The fourth-order valence-electron chi connectivity index (χ4n) is 3.28. The van der Waals surface area contributed by atoms with Crippen LogP contribution in [0.5, 0.6) is 5.75 Å². The van der Waals surface area contributed by atoms with E-state index in [1.54, 1.807) is 24.3 Å². The van der Waals surface area contributed by atoms with Crippen molar-refractivity contribution in [1.29, 1.82) is 0 Å². The minimum atomic E-state index is -3.90. The molecule has 34 heavy (non-hydrogen) atoms. The van der Waals surface area contributed by atoms with E-state index in [2.05, 4.69) is 4.72 Å². The molecule has 0 saturated heterocycles. The average molecular weight is 483 g/mol. The highest BCUT2D eigenvalue weighted by Crippen LogP contribution is 2.26. The van der Waals surface area contributed by atoms with Crippen LogP contribution in [0.4, 0.5) is 5.69 Å². The van der Waals surface area contributed by atoms with Crippen LogP contribution < -0.4 is 9.46 Å². The fraction of sp³-hybridized carbons (Fsp3) is 0.200. The Morgan fingerprint density at radius 2 is 1.53 bits per heavy atom. The number of carbonyl (C=O) groups excluding carboxylic acids is 2. The number of methoxy groups -OCH3 is 2. The van der Waals surface area contributed by atoms with E-state index in [0.717, 1.165) is 5.56 Å². The normalized spacial score (nSPS) is 10.9. The molecule has 0 aliphatic heterocycles. The maximum Gasteiger partial charge on any atom is 0.307 e. The molecule has 0 radical (unpaired) electrons. The number of para-hydroxylation sites is 2. The first-order chi connectivity index (χ1) is 16.3. The maximum atomic E-state index is 13.2. The summed E-state index contributed by atoms with van der Waals surface area (Å²) < 4.78 is 38.0. The summed E-state index contributed by atoms with van der Waals surface area (Å²) >= 11 is 0. The monoisotopic (exact) mass is 482 g/mol. The maximum absolute atomic E-state index is 13.2. The number of esters is 1. The first-order valence-corrected chi connectivity index (χ1v) is 12.0. The molecule has 1 N–H and O–H groups in total. The lowest BCUT2D eigenvalue weighted by Crippen LogP contribution is -2.32. The van der Waals surface area contributed by atoms with Gasteiger partial charge in [-0.15, -0.1) is 0 Å². The minimum absolute atomic E-state index is 0.000809. The average Bonchev–Trinajstić information content (AvgIpc) is 2.86. The molecule has 3 rings (SSSR count). The van der Waals surface area contributed by atoms with Gasteiger partial charge in [-0.3, -0.25) is 14.3 Å². The van der Waals surface area contributed by atoms with Gasteiger partial charge >= 0.3 is 5.97 Å². The topological polar surface area (TPSA) is 102 Å². The summed E-state index contributed by atoms with van der Waals surface area (Å²) in [5.74, 6) is -0.357. The van der Waals surface area contributed by atoms with Crippen LogP contribution in [0.2, 0.25) is 0 Å². The zero-order valence-corrected chi connectivity index (χ0v) is 19.7. The molecule has 0 spiro atoms. The second-order valence-electron chi connectivity index (χ2n) is 7.37. The number of nitrogens with one attached hydrogen (secondary N) is 1. The van der Waals surface area contributed by atoms with E-state index in [-0.39, 0.29) is 23.8 Å². The Bertz CT molecular complexity index is 1230. The van der Waals surface area contributed by atoms with Gasteiger partial charge in [0.2, 0.25) is 0 Å². The highest BCUT2D eigenvalue weighted by atomic mass is 32.2. The number of benzene rings is 3. The number of anilines is 1. The number of carbonyl (C=O) groups is 2. The summed E-state index contributed by atoms with van der Waals surface area (Å²) in [4.78, 5) is 26.3. The van der Waals surface area contributed by atoms with Crippen molar-refractivity contribution < 1.29 is 27.5 Å². The van der Waals surface area contributed by atoms with Crippen molar-refractivity contribution >= 4 is 27.6 Å². The molecule has 0 unspecified atom stereocenters. The molecule has 3 aromatic carbocycles. The first kappa shape index (κ1) is 24.8. The van der Waals surface area contributed by atoms with E-state index >= 15 is 0 Å². The lowest BCUT2D eigenvalue weighted by molar-refractivity contribution is -0.140. The van der Waals surface area contributed by atoms with E-state index in [4.69, 9.17) is 9.47 Å². The van der Waals surface area contributed by atoms with E-state index in [1.165, 1.54) is 43.4 Å². The molecule has 178 valence electrons. The van der Waals surface area contributed by atoms with Gasteiger partial charge in [0.15, 0.2) is 0 Å². The molecule has 0 atom stereocenters. The molecule has 9 heteroatoms. The van der Waals surface area contributed by atoms with Crippen LogP contribution in [0.1, 0.15) is 22.3 Å². The number of ether oxygens (including phenoxy) is 2. The highest BCUT2D eigenvalue weighted by Gasteiger charge is 2.20. The van der Waals surface area contributed by atoms with E-state index in [0.29, 0.717) is 23.5 Å². The minimum Gasteiger partial charge on any atom is -0.495 e. The Balaban J connectivity index is 1.79. The summed E-state index contributed by atoms with van der Waals surface area (Å²) in [6.45, 7) is 0.460. The summed E-state index contributed by atoms with van der Waals surface area (Å²) in [6.07, 6.45) is 0.0460. The molecule has 1 amide bonds. The van der Waals surface area contributed by atoms with Crippen molar-refractivity contribution in [1.82, 2.24) is 4.90 Å². The molecule has 0 aliphatic carbocycles. The molecule has 0 bridgehead atoms. The van der Waals surface area contributed by atoms with E-state index in [1.807, 2.05) is 30.3 Å². The third-order valence-electron chi connectivity index (χ3n) is 5.08. The van der Waals surface area contributed by atoms with Gasteiger partial charge in [-0.1, -0.05) is 42.5 Å². The van der Waals surface area contributed by atoms with Crippen LogP contribution in [-0.2, 0) is 26.1 Å². The molecule has 0 aliphatic rings. The van der Waals surface area contributed by atoms with Gasteiger partial charge in [-0.05, 0) is 42.0 Å². The smallest absolute Gasteiger partial charge is 0.307 e. The summed E-state index contributed by atoms with van der Waals surface area (Å²) in [7, 11) is -1.15. The Kier molecular flexibility index (Phi) is 8.26. The molecule has 0 heterocycles. The summed E-state index contributed by atoms with van der Waals surface area (Å²) in [5, 5.41) is 0. The van der Waals surface area contributed by atoms with Gasteiger partial charge in [-0.2, -0.15) is 0 Å². The standard InChI is InChI=1S/C25H26N2O6S/c1-32-23-11-7-6-10-22(23)26-34(30,31)21-14-12-20(13-15-21)25(29)27(17-16-24(28)33-2)18-19-8-4-3-5-9-19/h3-15,26H,16-18H2,1-2H3. The Labute approximate surface area is 199 Å². The largest absolute Gasteiger partial charge is 0.495 e. The van der Waals surface area contributed by atoms with Crippen LogP contribution in [0.3, 0.4) is 0 Å². The van der Waals surface area contributed by atoms with E-state index in [9.17, 15) is 18.0 Å². The summed E-state index contributed by atoms with van der Waals surface area (Å²) in [5.41, 5.74) is 1.51. The molecule has 3 aromatic rings. The van der Waals surface area contributed by atoms with Crippen LogP contribution in [-0.4, -0.2) is 46.0 Å². The molecular formula is C25H26N2O6S. The number of hydrogen-bond acceptors (Lipinski definition) is 6. The molecular weight excluding hydrogens is 456 g/mol. The van der Waals surface area contributed by atoms with Gasteiger partial charge in [0.25, 0.3) is 15.9 Å². The zero-order chi connectivity index (χ0) is 24.6. The number of hydrogen-bond donors (Lipinski definition) is 1. The lowest BCUT2D eigenvalue weighted by atomic mass is 10.1. The third kappa shape index (κ3) is 6.35. The Morgan fingerprint density at radius 1 is 0.882 bits per heavy atom. The van der Waals surface area contributed by atoms with Crippen molar-refractivity contribution in [2.75, 3.05) is 25.5 Å². The van der Waals surface area contributed by atoms with Gasteiger partial charge in [0.1, 0.15) is 5.75 Å². The van der Waals surface area contributed by atoms with Gasteiger partial charge in [0, 0.05) is 18.7 Å². The van der Waals surface area contributed by atoms with Crippen LogP contribution in [0, 0.1) is 0 Å². The van der Waals surface area contributed by atoms with Crippen LogP contribution in [0.15, 0.2) is 83.8 Å². The zero-order valence-electron chi connectivity index (χ0n) is 18.9. The first-order valence-electron chi connectivity index (χ1n) is 10.5. The number of amides is 1. The molecule has 8 nitrogen and oxygen atoms in total. The predicted molar refractivity (Wildman–Crippen MR) is 128 cm³/mol. The Hall–Kier alpha value is -3.85. The second kappa shape index (κ2) is 11.3. The van der Waals surface area contributed by atoms with Crippen molar-refractivity contribution in [3.8, 4) is 5.75 Å². The number of sulfonamides is 1. The van der Waals surface area contributed by atoms with Crippen molar-refractivity contribution in [3.05, 3.63) is 90.0 Å². The fourth-order valence-corrected chi connectivity index (χ4v) is 4.35. The van der Waals surface area contributed by atoms with Crippen molar-refractivity contribution in [3.63, 3.8) is 0 Å². The predicted octanol–water partition coefficient (Wildman–Crippen LogP) is 3.70. The van der Waals surface area contributed by atoms with Crippen LogP contribution >= 0.6 is 0 Å². The van der Waals surface area contributed by atoms with Gasteiger partial charge in [-0.25, -0.2) is 8.42 Å². The lowest BCUT2D eigenvalue weighted by Gasteiger charge is -2.23.